The first kappa shape index (κ1) is 17.7. The average molecular weight is 347 g/mol. The molecule has 0 fully saturated rings. The highest BCUT2D eigenvalue weighted by Crippen LogP contribution is 2.10. The Morgan fingerprint density at radius 1 is 1.08 bits per heavy atom. The number of oxime groups is 1. The third kappa shape index (κ3) is 4.96. The molecular formula is C21H21N3O2. The van der Waals surface area contributed by atoms with Crippen LogP contribution in [0.15, 0.2) is 71.0 Å². The number of hydrogen-bond acceptors (Lipinski definition) is 5. The molecule has 0 amide bonds. The van der Waals surface area contributed by atoms with Crippen LogP contribution in [-0.2, 0) is 11.3 Å². The zero-order valence-corrected chi connectivity index (χ0v) is 14.5. The molecule has 2 aromatic rings. The van der Waals surface area contributed by atoms with Crippen LogP contribution in [-0.4, -0.2) is 29.3 Å². The molecule has 0 aliphatic carbocycles. The summed E-state index contributed by atoms with van der Waals surface area (Å²) in [5, 5.41) is 4.25. The molecule has 1 aromatic carbocycles. The highest BCUT2D eigenvalue weighted by molar-refractivity contribution is 6.48. The molecule has 1 aliphatic rings. The second kappa shape index (κ2) is 9.42. The molecule has 0 saturated carbocycles. The predicted octanol–water partition coefficient (Wildman–Crippen LogP) is 4.00. The second-order valence-electron chi connectivity index (χ2n) is 5.95. The van der Waals surface area contributed by atoms with E-state index in [-0.39, 0.29) is 0 Å². The molecule has 3 rings (SSSR count). The van der Waals surface area contributed by atoms with Crippen molar-refractivity contribution in [3.63, 3.8) is 0 Å². The van der Waals surface area contributed by atoms with Gasteiger partial charge in [0.2, 0.25) is 0 Å². The smallest absolute Gasteiger partial charge is 0.168 e. The minimum Gasteiger partial charge on any atom is -0.396 e. The van der Waals surface area contributed by atoms with E-state index >= 15 is 0 Å². The molecule has 1 aliphatic heterocycles. The van der Waals surface area contributed by atoms with Crippen LogP contribution in [0, 0.1) is 0 Å². The van der Waals surface area contributed by atoms with Crippen molar-refractivity contribution >= 4 is 17.7 Å². The van der Waals surface area contributed by atoms with Gasteiger partial charge < -0.3 is 4.84 Å². The van der Waals surface area contributed by atoms with Gasteiger partial charge in [-0.2, -0.15) is 0 Å². The van der Waals surface area contributed by atoms with Crippen molar-refractivity contribution in [2.24, 2.45) is 10.1 Å². The summed E-state index contributed by atoms with van der Waals surface area (Å²) in [6.07, 6.45) is 8.04. The van der Waals surface area contributed by atoms with E-state index in [4.69, 9.17) is 4.84 Å². The molecule has 0 spiro atoms. The normalized spacial score (nSPS) is 14.9. The maximum absolute atomic E-state index is 10.9. The van der Waals surface area contributed by atoms with E-state index in [1.807, 2.05) is 18.2 Å². The first-order valence-electron chi connectivity index (χ1n) is 8.75. The predicted molar refractivity (Wildman–Crippen MR) is 103 cm³/mol. The maximum atomic E-state index is 10.9. The van der Waals surface area contributed by atoms with Crippen LogP contribution in [0.4, 0.5) is 0 Å². The van der Waals surface area contributed by atoms with E-state index in [2.05, 4.69) is 39.4 Å². The van der Waals surface area contributed by atoms with E-state index in [9.17, 15) is 4.79 Å². The summed E-state index contributed by atoms with van der Waals surface area (Å²) in [5.74, 6) is 0. The Morgan fingerprint density at radius 2 is 1.96 bits per heavy atom. The van der Waals surface area contributed by atoms with Crippen molar-refractivity contribution in [3.8, 4) is 0 Å². The number of hydrogen-bond donors (Lipinski definition) is 0. The van der Waals surface area contributed by atoms with Crippen molar-refractivity contribution in [1.82, 2.24) is 4.98 Å². The standard InChI is InChI=1S/C21H21N3O2/c25-16-18-11-6-12-19(23-18)21-20(13-7-14-22-21)24-26-15-5-4-10-17-8-2-1-3-9-17/h1-3,6-9,11-12,14,16H,4-5,10,13,15H2. The van der Waals surface area contributed by atoms with E-state index in [0.717, 1.165) is 31.3 Å². The van der Waals surface area contributed by atoms with Crippen LogP contribution in [0.2, 0.25) is 0 Å². The molecule has 0 radical (unpaired) electrons. The highest BCUT2D eigenvalue weighted by Gasteiger charge is 2.15. The Bertz CT molecular complexity index is 826. The first-order valence-corrected chi connectivity index (χ1v) is 8.75. The molecule has 2 heterocycles. The van der Waals surface area contributed by atoms with E-state index in [1.165, 1.54) is 5.56 Å². The number of carbonyl (C=O) groups is 1. The van der Waals surface area contributed by atoms with Crippen LogP contribution in [0.25, 0.3) is 0 Å². The number of aryl methyl sites for hydroxylation is 1. The van der Waals surface area contributed by atoms with Crippen molar-refractivity contribution in [2.75, 3.05) is 6.61 Å². The van der Waals surface area contributed by atoms with E-state index < -0.39 is 0 Å². The van der Waals surface area contributed by atoms with Gasteiger partial charge in [0.15, 0.2) is 6.29 Å². The van der Waals surface area contributed by atoms with E-state index in [0.29, 0.717) is 30.1 Å². The van der Waals surface area contributed by atoms with Gasteiger partial charge in [-0.3, -0.25) is 9.79 Å². The fourth-order valence-corrected chi connectivity index (χ4v) is 2.67. The van der Waals surface area contributed by atoms with Crippen LogP contribution in [0.5, 0.6) is 0 Å². The van der Waals surface area contributed by atoms with Crippen LogP contribution >= 0.6 is 0 Å². The molecule has 5 nitrogen and oxygen atoms in total. The van der Waals surface area contributed by atoms with Gasteiger partial charge in [0.25, 0.3) is 0 Å². The average Bonchev–Trinajstić information content (AvgIpc) is 2.71. The molecule has 0 atom stereocenters. The zero-order chi connectivity index (χ0) is 18.0. The Balaban J connectivity index is 1.53. The van der Waals surface area contributed by atoms with Gasteiger partial charge in [-0.15, -0.1) is 0 Å². The number of benzene rings is 1. The van der Waals surface area contributed by atoms with Gasteiger partial charge in [-0.1, -0.05) is 47.6 Å². The number of allylic oxidation sites excluding steroid dienone is 1. The first-order chi connectivity index (χ1) is 12.9. The highest BCUT2D eigenvalue weighted by atomic mass is 16.6. The summed E-state index contributed by atoms with van der Waals surface area (Å²) >= 11 is 0. The minimum atomic E-state index is 0.376. The summed E-state index contributed by atoms with van der Waals surface area (Å²) < 4.78 is 0. The third-order valence-electron chi connectivity index (χ3n) is 4.00. The number of unbranched alkanes of at least 4 members (excludes halogenated alkanes) is 1. The second-order valence-corrected chi connectivity index (χ2v) is 5.95. The lowest BCUT2D eigenvalue weighted by Gasteiger charge is -2.11. The van der Waals surface area contributed by atoms with Crippen molar-refractivity contribution in [3.05, 3.63) is 77.8 Å². The lowest BCUT2D eigenvalue weighted by molar-refractivity contribution is 0.111. The maximum Gasteiger partial charge on any atom is 0.168 e. The molecule has 0 N–H and O–H groups in total. The van der Waals surface area contributed by atoms with Gasteiger partial charge in [0.1, 0.15) is 23.7 Å². The number of aldehydes is 1. The summed E-state index contributed by atoms with van der Waals surface area (Å²) in [7, 11) is 0. The van der Waals surface area contributed by atoms with Gasteiger partial charge in [0.05, 0.1) is 5.69 Å². The lowest BCUT2D eigenvalue weighted by Crippen LogP contribution is -2.19. The Morgan fingerprint density at radius 3 is 2.81 bits per heavy atom. The lowest BCUT2D eigenvalue weighted by atomic mass is 10.1. The summed E-state index contributed by atoms with van der Waals surface area (Å²) in [4.78, 5) is 25.1. The Labute approximate surface area is 153 Å². The van der Waals surface area contributed by atoms with Crippen LogP contribution in [0.1, 0.15) is 41.0 Å². The zero-order valence-electron chi connectivity index (χ0n) is 14.5. The molecule has 0 saturated heterocycles. The van der Waals surface area contributed by atoms with Crippen molar-refractivity contribution in [1.29, 1.82) is 0 Å². The fraction of sp³-hybridized carbons (Fsp3) is 0.238. The van der Waals surface area contributed by atoms with Crippen molar-refractivity contribution < 1.29 is 9.63 Å². The number of carbonyl (C=O) groups excluding carboxylic acids is 1. The summed E-state index contributed by atoms with van der Waals surface area (Å²) in [5.41, 5.74) is 3.73. The van der Waals surface area contributed by atoms with Gasteiger partial charge in [0, 0.05) is 12.6 Å². The number of aromatic nitrogens is 1. The Kier molecular flexibility index (Phi) is 6.42. The summed E-state index contributed by atoms with van der Waals surface area (Å²) in [6, 6.07) is 15.7. The molecule has 1 aromatic heterocycles. The van der Waals surface area contributed by atoms with Gasteiger partial charge in [-0.05, 0) is 37.0 Å². The van der Waals surface area contributed by atoms with Crippen LogP contribution in [0.3, 0.4) is 0 Å². The topological polar surface area (TPSA) is 63.9 Å². The number of rotatable bonds is 8. The molecule has 132 valence electrons. The third-order valence-corrected chi connectivity index (χ3v) is 4.00. The minimum absolute atomic E-state index is 0.376. The van der Waals surface area contributed by atoms with Gasteiger partial charge >= 0.3 is 0 Å². The van der Waals surface area contributed by atoms with E-state index in [1.54, 1.807) is 18.3 Å². The SMILES string of the molecule is O=Cc1cccc(C2=NC=CCC2=NOCCCCc2ccccc2)n1. The van der Waals surface area contributed by atoms with Gasteiger partial charge in [-0.25, -0.2) is 4.98 Å². The molecule has 26 heavy (non-hydrogen) atoms. The quantitative estimate of drug-likeness (QED) is 0.412. The molecule has 0 bridgehead atoms. The molecule has 5 heteroatoms. The fourth-order valence-electron chi connectivity index (χ4n) is 2.67. The largest absolute Gasteiger partial charge is 0.396 e. The van der Waals surface area contributed by atoms with Crippen molar-refractivity contribution in [2.45, 2.75) is 25.7 Å². The molecular weight excluding hydrogens is 326 g/mol. The number of nitrogens with zero attached hydrogens (tertiary/aromatic N) is 3. The number of aliphatic imine (C=N–C) groups is 1. The molecule has 0 unspecified atom stereocenters. The van der Waals surface area contributed by atoms with Crippen LogP contribution < -0.4 is 0 Å². The monoisotopic (exact) mass is 347 g/mol. The summed E-state index contributed by atoms with van der Waals surface area (Å²) in [6.45, 7) is 0.565. The Hall–Kier alpha value is -3.08. The number of pyridine rings is 1.